The number of ether oxygens (including phenoxy) is 2. The van der Waals surface area contributed by atoms with E-state index in [2.05, 4.69) is 86.8 Å². The SMILES string of the molecule is CCCC1=Cc2ccccc2[C@@]2(CC(=O)[C@H](O[Si](C)(C)C(C)(C)C)[C@@H](CO[Si](C)(C)C(C)(C)C)O2)O1. The fourth-order valence-electron chi connectivity index (χ4n) is 4.18. The molecule has 1 saturated heterocycles. The predicted octanol–water partition coefficient (Wildman–Crippen LogP) is 7.78. The van der Waals surface area contributed by atoms with Crippen molar-refractivity contribution < 1.29 is 23.1 Å². The smallest absolute Gasteiger partial charge is 0.244 e. The van der Waals surface area contributed by atoms with E-state index in [1.807, 2.05) is 18.2 Å². The van der Waals surface area contributed by atoms with Crippen LogP contribution < -0.4 is 0 Å². The molecule has 0 saturated carbocycles. The molecule has 0 amide bonds. The lowest BCUT2D eigenvalue weighted by Gasteiger charge is -2.49. The van der Waals surface area contributed by atoms with Gasteiger partial charge in [-0.3, -0.25) is 4.79 Å². The molecule has 2 heterocycles. The predicted molar refractivity (Wildman–Crippen MR) is 152 cm³/mol. The highest BCUT2D eigenvalue weighted by Gasteiger charge is 2.55. The monoisotopic (exact) mass is 532 g/mol. The van der Waals surface area contributed by atoms with Crippen molar-refractivity contribution in [3.8, 4) is 0 Å². The maximum Gasteiger partial charge on any atom is 0.244 e. The molecule has 0 bridgehead atoms. The van der Waals surface area contributed by atoms with E-state index in [1.54, 1.807) is 0 Å². The van der Waals surface area contributed by atoms with Crippen molar-refractivity contribution >= 4 is 28.5 Å². The zero-order valence-electron chi connectivity index (χ0n) is 24.4. The van der Waals surface area contributed by atoms with Crippen LogP contribution in [0.2, 0.25) is 36.3 Å². The largest absolute Gasteiger partial charge is 0.462 e. The van der Waals surface area contributed by atoms with Gasteiger partial charge in [0, 0.05) is 12.0 Å². The van der Waals surface area contributed by atoms with Gasteiger partial charge in [-0.15, -0.1) is 0 Å². The van der Waals surface area contributed by atoms with Gasteiger partial charge in [0.1, 0.15) is 18.0 Å². The van der Waals surface area contributed by atoms with Crippen LogP contribution in [0.3, 0.4) is 0 Å². The Kier molecular flexibility index (Phi) is 8.25. The van der Waals surface area contributed by atoms with E-state index in [9.17, 15) is 4.79 Å². The highest BCUT2D eigenvalue weighted by molar-refractivity contribution is 6.74. The van der Waals surface area contributed by atoms with Crippen LogP contribution in [0.25, 0.3) is 6.08 Å². The summed E-state index contributed by atoms with van der Waals surface area (Å²) in [6, 6.07) is 8.09. The molecule has 3 rings (SSSR count). The number of rotatable bonds is 7. The number of ketones is 1. The molecule has 0 unspecified atom stereocenters. The molecule has 0 aliphatic carbocycles. The number of hydrogen-bond acceptors (Lipinski definition) is 5. The van der Waals surface area contributed by atoms with Gasteiger partial charge >= 0.3 is 0 Å². The van der Waals surface area contributed by atoms with Crippen molar-refractivity contribution in [3.05, 3.63) is 41.2 Å². The lowest BCUT2D eigenvalue weighted by atomic mass is 9.87. The Hall–Kier alpha value is -1.26. The topological polar surface area (TPSA) is 54.0 Å². The summed E-state index contributed by atoms with van der Waals surface area (Å²) >= 11 is 0. The summed E-state index contributed by atoms with van der Waals surface area (Å²) in [6.45, 7) is 24.5. The molecule has 0 aromatic heterocycles. The van der Waals surface area contributed by atoms with E-state index in [-0.39, 0.29) is 22.3 Å². The number of hydrogen-bond donors (Lipinski definition) is 0. The first-order valence-corrected chi connectivity index (χ1v) is 19.3. The average Bonchev–Trinajstić information content (AvgIpc) is 2.73. The molecule has 0 N–H and O–H groups in total. The van der Waals surface area contributed by atoms with E-state index in [4.69, 9.17) is 18.3 Å². The summed E-state index contributed by atoms with van der Waals surface area (Å²) < 4.78 is 26.8. The second-order valence-corrected chi connectivity index (χ2v) is 23.0. The first-order valence-electron chi connectivity index (χ1n) is 13.4. The molecule has 1 aromatic rings. The number of benzene rings is 1. The highest BCUT2D eigenvalue weighted by atomic mass is 28.4. The van der Waals surface area contributed by atoms with Gasteiger partial charge in [-0.1, -0.05) is 72.7 Å². The van der Waals surface area contributed by atoms with Gasteiger partial charge in [-0.2, -0.15) is 0 Å². The van der Waals surface area contributed by atoms with Crippen LogP contribution in [-0.4, -0.2) is 41.2 Å². The Labute approximate surface area is 221 Å². The number of carbonyl (C=O) groups excluding carboxylic acids is 1. The van der Waals surface area contributed by atoms with Gasteiger partial charge in [-0.25, -0.2) is 0 Å². The molecule has 36 heavy (non-hydrogen) atoms. The van der Waals surface area contributed by atoms with Gasteiger partial charge < -0.3 is 18.3 Å². The van der Waals surface area contributed by atoms with Gasteiger partial charge in [0.05, 0.1) is 13.0 Å². The number of fused-ring (bicyclic) bond motifs is 2. The molecule has 1 fully saturated rings. The van der Waals surface area contributed by atoms with Crippen LogP contribution in [0.15, 0.2) is 30.0 Å². The fourth-order valence-corrected chi connectivity index (χ4v) is 6.46. The summed E-state index contributed by atoms with van der Waals surface area (Å²) in [7, 11) is -4.33. The van der Waals surface area contributed by atoms with Crippen LogP contribution in [0, 0.1) is 0 Å². The van der Waals surface area contributed by atoms with Gasteiger partial charge in [0.25, 0.3) is 0 Å². The lowest BCUT2D eigenvalue weighted by molar-refractivity contribution is -0.284. The fraction of sp³-hybridized carbons (Fsp3) is 0.690. The number of carbonyl (C=O) groups is 1. The number of allylic oxidation sites excluding steroid dienone is 1. The third kappa shape index (κ3) is 5.91. The zero-order chi connectivity index (χ0) is 27.2. The third-order valence-corrected chi connectivity index (χ3v) is 17.5. The first-order chi connectivity index (χ1) is 16.4. The Bertz CT molecular complexity index is 986. The van der Waals surface area contributed by atoms with Gasteiger partial charge in [0.15, 0.2) is 22.4 Å². The van der Waals surface area contributed by atoms with Crippen molar-refractivity contribution in [1.82, 2.24) is 0 Å². The van der Waals surface area contributed by atoms with Crippen molar-refractivity contribution in [2.75, 3.05) is 6.61 Å². The van der Waals surface area contributed by atoms with Gasteiger partial charge in [-0.05, 0) is 54.3 Å². The lowest BCUT2D eigenvalue weighted by Crippen LogP contribution is -2.59. The molecule has 7 heteroatoms. The van der Waals surface area contributed by atoms with Crippen LogP contribution in [0.4, 0.5) is 0 Å². The van der Waals surface area contributed by atoms with Crippen molar-refractivity contribution in [3.63, 3.8) is 0 Å². The summed E-state index contributed by atoms with van der Waals surface area (Å²) in [5.41, 5.74) is 1.95. The molecule has 1 aromatic carbocycles. The van der Waals surface area contributed by atoms with Crippen LogP contribution in [0.1, 0.15) is 78.9 Å². The molecule has 2 aliphatic rings. The Morgan fingerprint density at radius 3 is 2.19 bits per heavy atom. The Balaban J connectivity index is 2.02. The second kappa shape index (κ2) is 10.1. The average molecular weight is 533 g/mol. The van der Waals surface area contributed by atoms with E-state index in [0.29, 0.717) is 6.61 Å². The highest BCUT2D eigenvalue weighted by Crippen LogP contribution is 2.47. The molecule has 5 nitrogen and oxygen atoms in total. The van der Waals surface area contributed by atoms with Crippen molar-refractivity contribution in [1.29, 1.82) is 0 Å². The minimum atomic E-state index is -2.24. The summed E-state index contributed by atoms with van der Waals surface area (Å²) in [5.74, 6) is -0.263. The molecular weight excluding hydrogens is 484 g/mol. The van der Waals surface area contributed by atoms with E-state index < -0.39 is 34.6 Å². The minimum Gasteiger partial charge on any atom is -0.462 e. The molecule has 1 spiro atoms. The maximum absolute atomic E-state index is 14.0. The quantitative estimate of drug-likeness (QED) is 0.336. The Morgan fingerprint density at radius 1 is 1.00 bits per heavy atom. The van der Waals surface area contributed by atoms with E-state index in [1.165, 1.54) is 0 Å². The van der Waals surface area contributed by atoms with Crippen molar-refractivity contribution in [2.45, 2.75) is 122 Å². The third-order valence-electron chi connectivity index (χ3n) is 8.53. The maximum atomic E-state index is 14.0. The van der Waals surface area contributed by atoms with Crippen molar-refractivity contribution in [2.24, 2.45) is 0 Å². The minimum absolute atomic E-state index is 0.0295. The number of Topliss-reactive ketones (excluding diaryl/α,β-unsaturated/α-hetero) is 1. The molecule has 2 aliphatic heterocycles. The van der Waals surface area contributed by atoms with Crippen LogP contribution in [-0.2, 0) is 28.9 Å². The molecule has 202 valence electrons. The summed E-state index contributed by atoms with van der Waals surface area (Å²) in [4.78, 5) is 14.0. The summed E-state index contributed by atoms with van der Waals surface area (Å²) in [6.07, 6.45) is 2.73. The van der Waals surface area contributed by atoms with Crippen LogP contribution in [0.5, 0.6) is 0 Å². The van der Waals surface area contributed by atoms with Gasteiger partial charge in [0.2, 0.25) is 5.79 Å². The normalized spacial score (nSPS) is 25.4. The molecule has 0 radical (unpaired) electrons. The molecular formula is C29H48O5Si2. The first kappa shape index (κ1) is 29.3. The standard InChI is InChI=1S/C29H48O5Si2/c1-12-15-22-18-21-16-13-14-17-23(21)29(32-22)19-24(30)26(34-36(10,11)28(5,6)7)25(33-29)20-31-35(8,9)27(2,3)4/h13-14,16-18,25-26H,12,15,19-20H2,1-11H3/t25-,26+,29+/m1/s1. The summed E-state index contributed by atoms with van der Waals surface area (Å²) in [5, 5.41) is 0.0162. The zero-order valence-corrected chi connectivity index (χ0v) is 26.4. The van der Waals surface area contributed by atoms with Crippen LogP contribution >= 0.6 is 0 Å². The Morgan fingerprint density at radius 2 is 1.61 bits per heavy atom. The van der Waals surface area contributed by atoms with E-state index in [0.717, 1.165) is 29.7 Å². The molecule has 3 atom stereocenters. The van der Waals surface area contributed by atoms with E-state index >= 15 is 0 Å². The second-order valence-electron chi connectivity index (χ2n) is 13.5.